The van der Waals surface area contributed by atoms with Crippen LogP contribution in [0.15, 0.2) is 48.7 Å². The van der Waals surface area contributed by atoms with Gasteiger partial charge >= 0.3 is 0 Å². The Morgan fingerprint density at radius 2 is 1.91 bits per heavy atom. The van der Waals surface area contributed by atoms with Crippen molar-refractivity contribution < 1.29 is 0 Å². The van der Waals surface area contributed by atoms with Gasteiger partial charge in [0.15, 0.2) is 0 Å². The van der Waals surface area contributed by atoms with Gasteiger partial charge in [-0.2, -0.15) is 0 Å². The first-order chi connectivity index (χ1) is 16.8. The summed E-state index contributed by atoms with van der Waals surface area (Å²) in [4.78, 5) is 15.3. The summed E-state index contributed by atoms with van der Waals surface area (Å²) in [6, 6.07) is 15.6. The van der Waals surface area contributed by atoms with Crippen molar-refractivity contribution in [3.63, 3.8) is 0 Å². The SMILES string of the molecule is CN1CCN(C2=c3ncccc3=CNc3sc(C4CCCC4)nc32)CC1CCc1ccccc1. The number of aromatic nitrogens is 2. The fraction of sp³-hybridized carbons (Fsp3) is 0.429. The van der Waals surface area contributed by atoms with Gasteiger partial charge in [0, 0.05) is 49.2 Å². The Bertz CT molecular complexity index is 1260. The highest BCUT2D eigenvalue weighted by Gasteiger charge is 2.31. The molecule has 0 radical (unpaired) electrons. The number of anilines is 1. The van der Waals surface area contributed by atoms with Crippen LogP contribution in [-0.4, -0.2) is 52.5 Å². The summed E-state index contributed by atoms with van der Waals surface area (Å²) >= 11 is 1.85. The Balaban J connectivity index is 1.35. The number of thiazole rings is 1. The van der Waals surface area contributed by atoms with E-state index in [1.807, 2.05) is 23.6 Å². The summed E-state index contributed by atoms with van der Waals surface area (Å²) in [6.07, 6.45) is 11.5. The Labute approximate surface area is 205 Å². The highest BCUT2D eigenvalue weighted by atomic mass is 32.1. The van der Waals surface area contributed by atoms with Gasteiger partial charge in [0.05, 0.1) is 16.1 Å². The summed E-state index contributed by atoms with van der Waals surface area (Å²) in [6.45, 7) is 3.06. The third-order valence-electron chi connectivity index (χ3n) is 7.70. The number of pyridine rings is 1. The second kappa shape index (κ2) is 9.51. The molecule has 1 aromatic carbocycles. The Morgan fingerprint density at radius 1 is 1.06 bits per heavy atom. The summed E-state index contributed by atoms with van der Waals surface area (Å²) < 4.78 is 0. The number of nitrogens with one attached hydrogen (secondary N) is 1. The normalized spacial score (nSPS) is 20.9. The number of rotatable bonds is 5. The molecular formula is C28H33N5S. The summed E-state index contributed by atoms with van der Waals surface area (Å²) in [7, 11) is 2.28. The number of hydrogen-bond acceptors (Lipinski definition) is 6. The lowest BCUT2D eigenvalue weighted by Crippen LogP contribution is -2.52. The van der Waals surface area contributed by atoms with Crippen LogP contribution < -0.4 is 15.9 Å². The van der Waals surface area contributed by atoms with E-state index in [0.29, 0.717) is 12.0 Å². The van der Waals surface area contributed by atoms with Crippen LogP contribution in [0.1, 0.15) is 54.3 Å². The molecule has 1 saturated heterocycles. The lowest BCUT2D eigenvalue weighted by atomic mass is 10.0. The van der Waals surface area contributed by atoms with E-state index in [4.69, 9.17) is 9.97 Å². The fourth-order valence-electron chi connectivity index (χ4n) is 5.67. The van der Waals surface area contributed by atoms with Crippen LogP contribution in [0, 0.1) is 0 Å². The molecule has 0 bridgehead atoms. The minimum Gasteiger partial charge on any atom is -0.365 e. The minimum atomic E-state index is 0.505. The Kier molecular flexibility index (Phi) is 6.10. The van der Waals surface area contributed by atoms with Gasteiger partial charge in [-0.05, 0) is 50.4 Å². The Morgan fingerprint density at radius 3 is 2.76 bits per heavy atom. The fourth-order valence-corrected chi connectivity index (χ4v) is 6.77. The molecule has 5 nitrogen and oxygen atoms in total. The maximum atomic E-state index is 5.29. The summed E-state index contributed by atoms with van der Waals surface area (Å²) in [5.41, 5.74) is 3.74. The van der Waals surface area contributed by atoms with Gasteiger partial charge in [-0.25, -0.2) is 4.98 Å². The molecule has 2 aliphatic heterocycles. The number of hydrogen-bond donors (Lipinski definition) is 1. The van der Waals surface area contributed by atoms with Crippen LogP contribution >= 0.6 is 11.3 Å². The van der Waals surface area contributed by atoms with Crippen LogP contribution in [0.4, 0.5) is 5.00 Å². The van der Waals surface area contributed by atoms with E-state index in [1.54, 1.807) is 0 Å². The first-order valence-corrected chi connectivity index (χ1v) is 13.5. The number of likely N-dealkylation sites (N-methyl/N-ethyl adjacent to an activating group) is 1. The first-order valence-electron chi connectivity index (χ1n) is 12.7. The van der Waals surface area contributed by atoms with E-state index in [9.17, 15) is 0 Å². The second-order valence-electron chi connectivity index (χ2n) is 9.89. The number of aryl methyl sites for hydroxylation is 1. The zero-order valence-corrected chi connectivity index (χ0v) is 20.7. The molecule has 176 valence electrons. The molecule has 6 rings (SSSR count). The van der Waals surface area contributed by atoms with Crippen molar-refractivity contribution in [1.29, 1.82) is 0 Å². The van der Waals surface area contributed by atoms with E-state index < -0.39 is 0 Å². The quantitative estimate of drug-likeness (QED) is 0.614. The van der Waals surface area contributed by atoms with E-state index >= 15 is 0 Å². The average molecular weight is 472 g/mol. The van der Waals surface area contributed by atoms with Crippen molar-refractivity contribution in [2.24, 2.45) is 0 Å². The molecule has 34 heavy (non-hydrogen) atoms. The van der Waals surface area contributed by atoms with Gasteiger partial charge < -0.3 is 10.2 Å². The predicted molar refractivity (Wildman–Crippen MR) is 140 cm³/mol. The number of fused-ring (bicyclic) bond motifs is 2. The molecule has 2 fully saturated rings. The summed E-state index contributed by atoms with van der Waals surface area (Å²) in [5.74, 6) is 0.620. The minimum absolute atomic E-state index is 0.505. The molecule has 1 unspecified atom stereocenters. The Hall–Kier alpha value is -2.70. The molecule has 1 N–H and O–H groups in total. The van der Waals surface area contributed by atoms with Gasteiger partial charge in [0.2, 0.25) is 0 Å². The zero-order chi connectivity index (χ0) is 22.9. The standard InChI is InChI=1S/C28H33N5S/c1-32-16-17-33(19-23(32)14-13-20-8-3-2-4-9-20)26-24-22(12-7-15-29-24)18-30-28-25(26)31-27(34-28)21-10-5-6-11-21/h2-4,7-9,12,15,18,21,23,30H,5-6,10-11,13-14,16-17,19H2,1H3. The molecule has 6 heteroatoms. The topological polar surface area (TPSA) is 44.3 Å². The van der Waals surface area contributed by atoms with Crippen LogP contribution in [-0.2, 0) is 6.42 Å². The van der Waals surface area contributed by atoms with Crippen molar-refractivity contribution in [2.75, 3.05) is 32.0 Å². The molecular weight excluding hydrogens is 438 g/mol. The van der Waals surface area contributed by atoms with Gasteiger partial charge in [0.25, 0.3) is 0 Å². The lowest BCUT2D eigenvalue weighted by Gasteiger charge is -2.41. The maximum Gasteiger partial charge on any atom is 0.124 e. The third kappa shape index (κ3) is 4.25. The van der Waals surface area contributed by atoms with Crippen LogP contribution in [0.25, 0.3) is 11.9 Å². The van der Waals surface area contributed by atoms with E-state index in [-0.39, 0.29) is 0 Å². The van der Waals surface area contributed by atoms with E-state index in [2.05, 4.69) is 64.8 Å². The maximum absolute atomic E-state index is 5.29. The molecule has 2 aromatic heterocycles. The van der Waals surface area contributed by atoms with Gasteiger partial charge in [-0.3, -0.25) is 9.88 Å². The van der Waals surface area contributed by atoms with Crippen molar-refractivity contribution in [3.05, 3.63) is 75.5 Å². The highest BCUT2D eigenvalue weighted by Crippen LogP contribution is 2.41. The molecule has 1 saturated carbocycles. The van der Waals surface area contributed by atoms with Crippen molar-refractivity contribution >= 4 is 28.2 Å². The van der Waals surface area contributed by atoms with Crippen LogP contribution in [0.3, 0.4) is 0 Å². The van der Waals surface area contributed by atoms with Crippen LogP contribution in [0.2, 0.25) is 0 Å². The predicted octanol–water partition coefficient (Wildman–Crippen LogP) is 3.76. The molecule has 0 spiro atoms. The number of benzene rings is 1. The molecule has 4 heterocycles. The van der Waals surface area contributed by atoms with E-state index in [0.717, 1.165) is 48.7 Å². The molecule has 3 aliphatic rings. The number of piperazine rings is 1. The molecule has 0 amide bonds. The smallest absolute Gasteiger partial charge is 0.124 e. The second-order valence-corrected chi connectivity index (χ2v) is 10.9. The van der Waals surface area contributed by atoms with Crippen molar-refractivity contribution in [3.8, 4) is 0 Å². The molecule has 3 aromatic rings. The first kappa shape index (κ1) is 21.8. The summed E-state index contributed by atoms with van der Waals surface area (Å²) in [5, 5.41) is 8.27. The van der Waals surface area contributed by atoms with Crippen LogP contribution in [0.5, 0.6) is 0 Å². The largest absolute Gasteiger partial charge is 0.365 e. The van der Waals surface area contributed by atoms with Gasteiger partial charge in [-0.15, -0.1) is 11.3 Å². The number of nitrogens with zero attached hydrogens (tertiary/aromatic N) is 4. The van der Waals surface area contributed by atoms with Gasteiger partial charge in [0.1, 0.15) is 10.7 Å². The molecule has 1 atom stereocenters. The molecule has 1 aliphatic carbocycles. The van der Waals surface area contributed by atoms with E-state index in [1.165, 1.54) is 47.0 Å². The highest BCUT2D eigenvalue weighted by molar-refractivity contribution is 7.16. The monoisotopic (exact) mass is 471 g/mol. The lowest BCUT2D eigenvalue weighted by molar-refractivity contribution is 0.127. The van der Waals surface area contributed by atoms with Crippen molar-refractivity contribution in [1.82, 2.24) is 19.8 Å². The third-order valence-corrected chi connectivity index (χ3v) is 8.85. The average Bonchev–Trinajstić information content (AvgIpc) is 3.52. The van der Waals surface area contributed by atoms with Crippen molar-refractivity contribution in [2.45, 2.75) is 50.5 Å². The van der Waals surface area contributed by atoms with Gasteiger partial charge in [-0.1, -0.05) is 43.2 Å². The zero-order valence-electron chi connectivity index (χ0n) is 19.9.